The van der Waals surface area contributed by atoms with Crippen molar-refractivity contribution in [1.82, 2.24) is 5.32 Å². The van der Waals surface area contributed by atoms with Gasteiger partial charge in [-0.15, -0.1) is 0 Å². The molecule has 5 nitrogen and oxygen atoms in total. The van der Waals surface area contributed by atoms with Crippen molar-refractivity contribution in [3.05, 3.63) is 35.4 Å². The molecular weight excluding hydrogens is 268 g/mol. The second-order valence-corrected chi connectivity index (χ2v) is 5.46. The minimum atomic E-state index is -0.979. The number of hydrogen-bond donors (Lipinski definition) is 1. The first-order valence-electron chi connectivity index (χ1n) is 6.74. The Labute approximate surface area is 124 Å². The fraction of sp³-hybridized carbons (Fsp3) is 0.438. The van der Waals surface area contributed by atoms with Gasteiger partial charge in [0.2, 0.25) is 0 Å². The Bertz CT molecular complexity index is 575. The molecule has 0 fully saturated rings. The molecule has 1 aromatic rings. The number of rotatable bonds is 5. The molecule has 1 aromatic carbocycles. The Morgan fingerprint density at radius 2 is 2.10 bits per heavy atom. The van der Waals surface area contributed by atoms with Crippen molar-refractivity contribution in [3.8, 4) is 6.07 Å². The van der Waals surface area contributed by atoms with Gasteiger partial charge in [0.15, 0.2) is 6.61 Å². The van der Waals surface area contributed by atoms with Gasteiger partial charge in [-0.05, 0) is 31.9 Å². The molecule has 0 aromatic heterocycles. The highest BCUT2D eigenvalue weighted by Gasteiger charge is 2.30. The van der Waals surface area contributed by atoms with Gasteiger partial charge in [-0.2, -0.15) is 5.26 Å². The molecule has 1 rings (SSSR count). The molecule has 1 unspecified atom stereocenters. The summed E-state index contributed by atoms with van der Waals surface area (Å²) in [5.74, 6) is -1.11. The van der Waals surface area contributed by atoms with Gasteiger partial charge in [0, 0.05) is 0 Å². The highest BCUT2D eigenvalue weighted by molar-refractivity contribution is 5.91. The SMILES string of the molecule is Cc1cccc(C(=O)OCC(=O)NC(C)(C#N)C(C)C)c1. The molecule has 5 heteroatoms. The number of aryl methyl sites for hydroxylation is 1. The Balaban J connectivity index is 2.58. The monoisotopic (exact) mass is 288 g/mol. The van der Waals surface area contributed by atoms with Gasteiger partial charge < -0.3 is 10.1 Å². The van der Waals surface area contributed by atoms with E-state index in [9.17, 15) is 9.59 Å². The summed E-state index contributed by atoms with van der Waals surface area (Å²) in [7, 11) is 0. The first-order chi connectivity index (χ1) is 9.78. The predicted octanol–water partition coefficient (Wildman–Crippen LogP) is 2.21. The maximum Gasteiger partial charge on any atom is 0.338 e. The third-order valence-corrected chi connectivity index (χ3v) is 3.37. The van der Waals surface area contributed by atoms with E-state index in [-0.39, 0.29) is 5.92 Å². The number of nitriles is 1. The second kappa shape index (κ2) is 6.89. The van der Waals surface area contributed by atoms with Crippen LogP contribution in [0.4, 0.5) is 0 Å². The number of nitrogens with zero attached hydrogens (tertiary/aromatic N) is 1. The number of carbonyl (C=O) groups excluding carboxylic acids is 2. The van der Waals surface area contributed by atoms with Crippen molar-refractivity contribution in [2.45, 2.75) is 33.2 Å². The van der Waals surface area contributed by atoms with E-state index in [1.54, 1.807) is 25.1 Å². The van der Waals surface area contributed by atoms with Crippen LogP contribution in [0.15, 0.2) is 24.3 Å². The van der Waals surface area contributed by atoms with Crippen LogP contribution in [0.1, 0.15) is 36.7 Å². The Morgan fingerprint density at radius 3 is 2.62 bits per heavy atom. The summed E-state index contributed by atoms with van der Waals surface area (Å²) in [6, 6.07) is 8.99. The molecule has 1 N–H and O–H groups in total. The fourth-order valence-electron chi connectivity index (χ4n) is 1.61. The molecule has 0 radical (unpaired) electrons. The standard InChI is InChI=1S/C16H20N2O3/c1-11(2)16(4,10-17)18-14(19)9-21-15(20)13-7-5-6-12(3)8-13/h5-8,11H,9H2,1-4H3,(H,18,19). The number of ether oxygens (including phenoxy) is 1. The van der Waals surface area contributed by atoms with Gasteiger partial charge >= 0.3 is 5.97 Å². The first kappa shape index (κ1) is 16.7. The topological polar surface area (TPSA) is 79.2 Å². The van der Waals surface area contributed by atoms with E-state index in [1.165, 1.54) is 0 Å². The van der Waals surface area contributed by atoms with E-state index in [1.807, 2.05) is 26.8 Å². The zero-order valence-electron chi connectivity index (χ0n) is 12.8. The molecule has 112 valence electrons. The summed E-state index contributed by atoms with van der Waals surface area (Å²) in [5, 5.41) is 11.7. The lowest BCUT2D eigenvalue weighted by Gasteiger charge is -2.27. The van der Waals surface area contributed by atoms with E-state index in [0.29, 0.717) is 5.56 Å². The zero-order chi connectivity index (χ0) is 16.0. The van der Waals surface area contributed by atoms with Gasteiger partial charge in [0.1, 0.15) is 5.54 Å². The number of benzene rings is 1. The Kier molecular flexibility index (Phi) is 5.48. The van der Waals surface area contributed by atoms with Crippen LogP contribution in [0.3, 0.4) is 0 Å². The van der Waals surface area contributed by atoms with Crippen LogP contribution in [0.5, 0.6) is 0 Å². The number of nitrogens with one attached hydrogen (secondary N) is 1. The molecule has 0 aliphatic rings. The number of esters is 1. The van der Waals surface area contributed by atoms with Gasteiger partial charge in [0.25, 0.3) is 5.91 Å². The third kappa shape index (κ3) is 4.60. The highest BCUT2D eigenvalue weighted by Crippen LogP contribution is 2.14. The lowest BCUT2D eigenvalue weighted by molar-refractivity contribution is -0.125. The van der Waals surface area contributed by atoms with E-state index in [4.69, 9.17) is 10.00 Å². The average molecular weight is 288 g/mol. The molecule has 21 heavy (non-hydrogen) atoms. The number of carbonyl (C=O) groups is 2. The smallest absolute Gasteiger partial charge is 0.338 e. The molecule has 1 amide bonds. The summed E-state index contributed by atoms with van der Waals surface area (Å²) in [4.78, 5) is 23.6. The molecule has 0 bridgehead atoms. The Morgan fingerprint density at radius 1 is 1.43 bits per heavy atom. The molecule has 0 saturated carbocycles. The molecule has 0 aliphatic carbocycles. The quantitative estimate of drug-likeness (QED) is 0.842. The van der Waals surface area contributed by atoms with Crippen molar-refractivity contribution >= 4 is 11.9 Å². The molecular formula is C16H20N2O3. The van der Waals surface area contributed by atoms with Gasteiger partial charge in [-0.1, -0.05) is 31.5 Å². The van der Waals surface area contributed by atoms with Crippen LogP contribution in [-0.4, -0.2) is 24.0 Å². The Hall–Kier alpha value is -2.35. The number of hydrogen-bond acceptors (Lipinski definition) is 4. The largest absolute Gasteiger partial charge is 0.452 e. The summed E-state index contributed by atoms with van der Waals surface area (Å²) < 4.78 is 4.95. The summed E-state index contributed by atoms with van der Waals surface area (Å²) >= 11 is 0. The highest BCUT2D eigenvalue weighted by atomic mass is 16.5. The van der Waals surface area contributed by atoms with E-state index >= 15 is 0 Å². The predicted molar refractivity (Wildman–Crippen MR) is 78.5 cm³/mol. The van der Waals surface area contributed by atoms with Crippen LogP contribution >= 0.6 is 0 Å². The molecule has 0 aliphatic heterocycles. The van der Waals surface area contributed by atoms with Crippen LogP contribution in [0.25, 0.3) is 0 Å². The van der Waals surface area contributed by atoms with E-state index in [0.717, 1.165) is 5.56 Å². The normalized spacial score (nSPS) is 13.1. The van der Waals surface area contributed by atoms with Gasteiger partial charge in [-0.3, -0.25) is 4.79 Å². The molecule has 0 saturated heterocycles. The van der Waals surface area contributed by atoms with Gasteiger partial charge in [-0.25, -0.2) is 4.79 Å². The van der Waals surface area contributed by atoms with E-state index in [2.05, 4.69) is 11.4 Å². The van der Waals surface area contributed by atoms with Gasteiger partial charge in [0.05, 0.1) is 11.6 Å². The summed E-state index contributed by atoms with van der Waals surface area (Å²) in [6.45, 7) is 6.77. The third-order valence-electron chi connectivity index (χ3n) is 3.37. The van der Waals surface area contributed by atoms with Crippen molar-refractivity contribution in [1.29, 1.82) is 5.26 Å². The van der Waals surface area contributed by atoms with Crippen LogP contribution in [-0.2, 0) is 9.53 Å². The minimum Gasteiger partial charge on any atom is -0.452 e. The maximum absolute atomic E-state index is 11.8. The van der Waals surface area contributed by atoms with Crippen molar-refractivity contribution in [2.24, 2.45) is 5.92 Å². The average Bonchev–Trinajstić information content (AvgIpc) is 2.44. The lowest BCUT2D eigenvalue weighted by Crippen LogP contribution is -2.50. The molecule has 1 atom stereocenters. The molecule has 0 heterocycles. The van der Waals surface area contributed by atoms with Crippen LogP contribution in [0.2, 0.25) is 0 Å². The summed E-state index contributed by atoms with van der Waals surface area (Å²) in [5.41, 5.74) is 0.354. The van der Waals surface area contributed by atoms with Crippen molar-refractivity contribution < 1.29 is 14.3 Å². The van der Waals surface area contributed by atoms with Crippen molar-refractivity contribution in [3.63, 3.8) is 0 Å². The zero-order valence-corrected chi connectivity index (χ0v) is 12.8. The first-order valence-corrected chi connectivity index (χ1v) is 6.74. The molecule has 0 spiro atoms. The summed E-state index contributed by atoms with van der Waals surface area (Å²) in [6.07, 6.45) is 0. The maximum atomic E-state index is 11.8. The van der Waals surface area contributed by atoms with Crippen LogP contribution in [0, 0.1) is 24.2 Å². The van der Waals surface area contributed by atoms with E-state index < -0.39 is 24.0 Å². The second-order valence-electron chi connectivity index (χ2n) is 5.46. The van der Waals surface area contributed by atoms with Crippen LogP contribution < -0.4 is 5.32 Å². The fourth-order valence-corrected chi connectivity index (χ4v) is 1.61. The lowest BCUT2D eigenvalue weighted by atomic mass is 9.90. The number of amides is 1. The minimum absolute atomic E-state index is 0.0566. The van der Waals surface area contributed by atoms with Crippen molar-refractivity contribution in [2.75, 3.05) is 6.61 Å².